The SMILES string of the molecule is COC(=O)c1cc(Cl)ccc1Oc1ccc(F)cc1F. The van der Waals surface area contributed by atoms with E-state index in [1.165, 1.54) is 25.3 Å². The second kappa shape index (κ2) is 5.88. The molecule has 6 heteroatoms. The number of hydrogen-bond donors (Lipinski definition) is 0. The van der Waals surface area contributed by atoms with Gasteiger partial charge in [0.05, 0.1) is 7.11 Å². The summed E-state index contributed by atoms with van der Waals surface area (Å²) >= 11 is 5.79. The largest absolute Gasteiger partial charge is 0.465 e. The first-order valence-corrected chi connectivity index (χ1v) is 5.90. The van der Waals surface area contributed by atoms with Crippen molar-refractivity contribution < 1.29 is 23.0 Å². The topological polar surface area (TPSA) is 35.5 Å². The van der Waals surface area contributed by atoms with E-state index in [1.807, 2.05) is 0 Å². The van der Waals surface area contributed by atoms with E-state index in [0.29, 0.717) is 11.1 Å². The van der Waals surface area contributed by atoms with E-state index < -0.39 is 17.6 Å². The standard InChI is InChI=1S/C14H9ClF2O3/c1-19-14(18)10-6-8(15)2-4-12(10)20-13-5-3-9(16)7-11(13)17/h2-7H,1H3. The first-order valence-electron chi connectivity index (χ1n) is 5.52. The number of ether oxygens (including phenoxy) is 2. The fourth-order valence-electron chi connectivity index (χ4n) is 1.54. The van der Waals surface area contributed by atoms with E-state index in [1.54, 1.807) is 0 Å². The Morgan fingerprint density at radius 1 is 1.10 bits per heavy atom. The molecule has 0 atom stereocenters. The average Bonchev–Trinajstić information content (AvgIpc) is 2.42. The van der Waals surface area contributed by atoms with Gasteiger partial charge in [0.15, 0.2) is 11.6 Å². The van der Waals surface area contributed by atoms with Crippen LogP contribution in [0.4, 0.5) is 8.78 Å². The maximum atomic E-state index is 13.5. The molecule has 0 aliphatic heterocycles. The lowest BCUT2D eigenvalue weighted by atomic mass is 10.2. The van der Waals surface area contributed by atoms with Crippen molar-refractivity contribution >= 4 is 17.6 Å². The zero-order chi connectivity index (χ0) is 14.7. The van der Waals surface area contributed by atoms with E-state index in [9.17, 15) is 13.6 Å². The third kappa shape index (κ3) is 3.05. The molecule has 0 aliphatic rings. The van der Waals surface area contributed by atoms with Crippen molar-refractivity contribution in [2.45, 2.75) is 0 Å². The monoisotopic (exact) mass is 298 g/mol. The molecule has 0 fully saturated rings. The van der Waals surface area contributed by atoms with Gasteiger partial charge in [0, 0.05) is 11.1 Å². The smallest absolute Gasteiger partial charge is 0.341 e. The Kier molecular flexibility index (Phi) is 4.20. The molecular formula is C14H9ClF2O3. The molecule has 0 N–H and O–H groups in total. The molecule has 20 heavy (non-hydrogen) atoms. The van der Waals surface area contributed by atoms with Gasteiger partial charge in [-0.1, -0.05) is 11.6 Å². The van der Waals surface area contributed by atoms with Crippen molar-refractivity contribution in [1.29, 1.82) is 0 Å². The molecule has 0 amide bonds. The van der Waals surface area contributed by atoms with Gasteiger partial charge in [-0.25, -0.2) is 13.6 Å². The number of halogens is 3. The van der Waals surface area contributed by atoms with Crippen LogP contribution in [0.5, 0.6) is 11.5 Å². The number of rotatable bonds is 3. The average molecular weight is 299 g/mol. The molecule has 0 bridgehead atoms. The lowest BCUT2D eigenvalue weighted by Crippen LogP contribution is -2.04. The molecule has 2 aromatic carbocycles. The number of carbonyl (C=O) groups is 1. The van der Waals surface area contributed by atoms with Crippen molar-refractivity contribution in [3.8, 4) is 11.5 Å². The molecular weight excluding hydrogens is 290 g/mol. The highest BCUT2D eigenvalue weighted by Gasteiger charge is 2.16. The zero-order valence-electron chi connectivity index (χ0n) is 10.3. The van der Waals surface area contributed by atoms with E-state index >= 15 is 0 Å². The van der Waals surface area contributed by atoms with E-state index in [4.69, 9.17) is 16.3 Å². The fraction of sp³-hybridized carbons (Fsp3) is 0.0714. The van der Waals surface area contributed by atoms with Crippen molar-refractivity contribution in [3.05, 3.63) is 58.6 Å². The molecule has 2 aromatic rings. The number of hydrogen-bond acceptors (Lipinski definition) is 3. The van der Waals surface area contributed by atoms with Crippen LogP contribution in [0, 0.1) is 11.6 Å². The second-order valence-electron chi connectivity index (χ2n) is 3.81. The van der Waals surface area contributed by atoms with Gasteiger partial charge >= 0.3 is 5.97 Å². The molecule has 104 valence electrons. The van der Waals surface area contributed by atoms with Crippen LogP contribution in [-0.2, 0) is 4.74 Å². The molecule has 0 saturated carbocycles. The normalized spacial score (nSPS) is 10.2. The molecule has 0 aromatic heterocycles. The van der Waals surface area contributed by atoms with Gasteiger partial charge in [-0.2, -0.15) is 0 Å². The quantitative estimate of drug-likeness (QED) is 0.797. The first kappa shape index (κ1) is 14.3. The predicted octanol–water partition coefficient (Wildman–Crippen LogP) is 4.20. The Bertz CT molecular complexity index is 659. The summed E-state index contributed by atoms with van der Waals surface area (Å²) in [5, 5.41) is 0.303. The highest BCUT2D eigenvalue weighted by molar-refractivity contribution is 6.31. The summed E-state index contributed by atoms with van der Waals surface area (Å²) < 4.78 is 36.2. The first-order chi connectivity index (χ1) is 9.51. The van der Waals surface area contributed by atoms with Gasteiger partial charge in [0.1, 0.15) is 17.1 Å². The van der Waals surface area contributed by atoms with Crippen LogP contribution in [0.2, 0.25) is 5.02 Å². The summed E-state index contributed by atoms with van der Waals surface area (Å²) in [4.78, 5) is 11.6. The highest BCUT2D eigenvalue weighted by Crippen LogP contribution is 2.30. The van der Waals surface area contributed by atoms with Gasteiger partial charge in [-0.3, -0.25) is 0 Å². The van der Waals surface area contributed by atoms with Gasteiger partial charge in [0.2, 0.25) is 0 Å². The number of methoxy groups -OCH3 is 1. The highest BCUT2D eigenvalue weighted by atomic mass is 35.5. The Balaban J connectivity index is 2.40. The molecule has 0 heterocycles. The maximum absolute atomic E-state index is 13.5. The van der Waals surface area contributed by atoms with Crippen LogP contribution in [0.3, 0.4) is 0 Å². The van der Waals surface area contributed by atoms with Crippen molar-refractivity contribution in [2.24, 2.45) is 0 Å². The van der Waals surface area contributed by atoms with Crippen molar-refractivity contribution in [2.75, 3.05) is 7.11 Å². The van der Waals surface area contributed by atoms with Gasteiger partial charge in [0.25, 0.3) is 0 Å². The Morgan fingerprint density at radius 3 is 2.45 bits per heavy atom. The maximum Gasteiger partial charge on any atom is 0.341 e. The van der Waals surface area contributed by atoms with E-state index in [-0.39, 0.29) is 17.1 Å². The van der Waals surface area contributed by atoms with Crippen LogP contribution in [-0.4, -0.2) is 13.1 Å². The van der Waals surface area contributed by atoms with Gasteiger partial charge < -0.3 is 9.47 Å². The third-order valence-electron chi connectivity index (χ3n) is 2.46. The summed E-state index contributed by atoms with van der Waals surface area (Å²) in [6.07, 6.45) is 0. The predicted molar refractivity (Wildman–Crippen MR) is 69.2 cm³/mol. The lowest BCUT2D eigenvalue weighted by Gasteiger charge is -2.11. The fourth-order valence-corrected chi connectivity index (χ4v) is 1.71. The minimum atomic E-state index is -0.879. The summed E-state index contributed by atoms with van der Waals surface area (Å²) in [6, 6.07) is 7.07. The van der Waals surface area contributed by atoms with Gasteiger partial charge in [-0.15, -0.1) is 0 Å². The van der Waals surface area contributed by atoms with Crippen molar-refractivity contribution in [1.82, 2.24) is 0 Å². The summed E-state index contributed by atoms with van der Waals surface area (Å²) in [5.41, 5.74) is 0.0451. The van der Waals surface area contributed by atoms with Crippen LogP contribution >= 0.6 is 11.6 Å². The number of benzene rings is 2. The third-order valence-corrected chi connectivity index (χ3v) is 2.70. The molecule has 3 nitrogen and oxygen atoms in total. The summed E-state index contributed by atoms with van der Waals surface area (Å²) in [7, 11) is 1.20. The van der Waals surface area contributed by atoms with Gasteiger partial charge in [-0.05, 0) is 30.3 Å². The zero-order valence-corrected chi connectivity index (χ0v) is 11.1. The number of esters is 1. The van der Waals surface area contributed by atoms with Crippen LogP contribution in [0.1, 0.15) is 10.4 Å². The Morgan fingerprint density at radius 2 is 1.80 bits per heavy atom. The lowest BCUT2D eigenvalue weighted by molar-refractivity contribution is 0.0598. The summed E-state index contributed by atoms with van der Waals surface area (Å²) in [6.45, 7) is 0. The number of carbonyl (C=O) groups excluding carboxylic acids is 1. The molecule has 0 radical (unpaired) electrons. The van der Waals surface area contributed by atoms with E-state index in [2.05, 4.69) is 4.74 Å². The van der Waals surface area contributed by atoms with E-state index in [0.717, 1.165) is 12.1 Å². The molecule has 0 saturated heterocycles. The van der Waals surface area contributed by atoms with Crippen LogP contribution in [0.25, 0.3) is 0 Å². The minimum Gasteiger partial charge on any atom is -0.465 e. The second-order valence-corrected chi connectivity index (χ2v) is 4.25. The Labute approximate surface area is 118 Å². The molecule has 2 rings (SSSR count). The molecule has 0 aliphatic carbocycles. The van der Waals surface area contributed by atoms with Crippen LogP contribution < -0.4 is 4.74 Å². The summed E-state index contributed by atoms with van der Waals surface area (Å²) in [5.74, 6) is -2.43. The minimum absolute atomic E-state index is 0.0451. The Hall–Kier alpha value is -2.14. The van der Waals surface area contributed by atoms with Crippen LogP contribution in [0.15, 0.2) is 36.4 Å². The molecule has 0 unspecified atom stereocenters. The molecule has 0 spiro atoms. The van der Waals surface area contributed by atoms with Crippen molar-refractivity contribution in [3.63, 3.8) is 0 Å².